The van der Waals surface area contributed by atoms with Crippen LogP contribution < -0.4 is 0 Å². The highest BCUT2D eigenvalue weighted by molar-refractivity contribution is 6.14. The third-order valence-corrected chi connectivity index (χ3v) is 9.59. The third-order valence-electron chi connectivity index (χ3n) is 9.59. The Balaban J connectivity index is 1.03. The van der Waals surface area contributed by atoms with E-state index in [0.29, 0.717) is 5.82 Å². The van der Waals surface area contributed by atoms with Gasteiger partial charge in [-0.3, -0.25) is 15.0 Å². The molecule has 248 valence electrons. The fourth-order valence-electron chi connectivity index (χ4n) is 7.05. The highest BCUT2D eigenvalue weighted by atomic mass is 19.4. The maximum atomic E-state index is 13.5. The van der Waals surface area contributed by atoms with E-state index in [1.165, 1.54) is 24.1 Å². The van der Waals surface area contributed by atoms with Crippen molar-refractivity contribution in [2.75, 3.05) is 13.1 Å². The van der Waals surface area contributed by atoms with Gasteiger partial charge in [0, 0.05) is 41.8 Å². The van der Waals surface area contributed by atoms with Crippen molar-refractivity contribution in [1.29, 1.82) is 0 Å². The molecule has 1 aromatic carbocycles. The zero-order valence-corrected chi connectivity index (χ0v) is 27.3. The van der Waals surface area contributed by atoms with Crippen molar-refractivity contribution in [3.05, 3.63) is 112 Å². The topological polar surface area (TPSA) is 87.4 Å². The molecule has 11 heteroatoms. The van der Waals surface area contributed by atoms with Gasteiger partial charge in [-0.15, -0.1) is 0 Å². The summed E-state index contributed by atoms with van der Waals surface area (Å²) >= 11 is 0. The van der Waals surface area contributed by atoms with Gasteiger partial charge in [-0.1, -0.05) is 66.8 Å². The number of likely N-dealkylation sites (tertiary alicyclic amines) is 1. The van der Waals surface area contributed by atoms with Gasteiger partial charge in [-0.25, -0.2) is 14.7 Å². The maximum absolute atomic E-state index is 13.5. The van der Waals surface area contributed by atoms with E-state index >= 15 is 0 Å². The fourth-order valence-corrected chi connectivity index (χ4v) is 7.05. The normalized spacial score (nSPS) is 23.6. The smallest absolute Gasteiger partial charge is 0.299 e. The lowest BCUT2D eigenvalue weighted by Crippen LogP contribution is -2.32. The second kappa shape index (κ2) is 13.1. The summed E-state index contributed by atoms with van der Waals surface area (Å²) in [6.07, 6.45) is 13.5. The van der Waals surface area contributed by atoms with Gasteiger partial charge in [0.1, 0.15) is 5.82 Å². The molecule has 0 spiro atoms. The predicted molar refractivity (Wildman–Crippen MR) is 182 cm³/mol. The monoisotopic (exact) mass is 652 g/mol. The lowest BCUT2D eigenvalue weighted by molar-refractivity contribution is -0.0877. The second-order valence-electron chi connectivity index (χ2n) is 12.9. The number of hydrogen-bond acceptors (Lipinski definition) is 6. The minimum Gasteiger partial charge on any atom is -0.299 e. The van der Waals surface area contributed by atoms with Gasteiger partial charge in [0.25, 0.3) is 0 Å². The number of allylic oxidation sites excluding steroid dienone is 9. The molecule has 4 aliphatic rings. The minimum atomic E-state index is -4.47. The maximum Gasteiger partial charge on any atom is 0.416 e. The quantitative estimate of drug-likeness (QED) is 0.262. The molecular formula is C37H39F3N8. The first-order valence-corrected chi connectivity index (χ1v) is 16.6. The van der Waals surface area contributed by atoms with Gasteiger partial charge < -0.3 is 0 Å². The summed E-state index contributed by atoms with van der Waals surface area (Å²) in [5.41, 5.74) is 4.77. The van der Waals surface area contributed by atoms with Crippen LogP contribution in [0.1, 0.15) is 73.7 Å². The Morgan fingerprint density at radius 1 is 1.10 bits per heavy atom. The summed E-state index contributed by atoms with van der Waals surface area (Å²) < 4.78 is 42.6. The molecule has 8 nitrogen and oxygen atoms in total. The third kappa shape index (κ3) is 6.43. The molecule has 1 N–H and O–H groups in total. The van der Waals surface area contributed by atoms with E-state index in [1.54, 1.807) is 6.92 Å². The highest BCUT2D eigenvalue weighted by Crippen LogP contribution is 2.39. The van der Waals surface area contributed by atoms with Gasteiger partial charge in [0.2, 0.25) is 0 Å². The highest BCUT2D eigenvalue weighted by Gasteiger charge is 2.36. The summed E-state index contributed by atoms with van der Waals surface area (Å²) in [7, 11) is 0. The Morgan fingerprint density at radius 2 is 1.90 bits per heavy atom. The molecule has 3 atom stereocenters. The van der Waals surface area contributed by atoms with Crippen molar-refractivity contribution < 1.29 is 13.2 Å². The molecule has 5 heterocycles. The van der Waals surface area contributed by atoms with Crippen LogP contribution in [0, 0.1) is 18.8 Å². The zero-order chi connectivity index (χ0) is 33.4. The van der Waals surface area contributed by atoms with Crippen LogP contribution in [-0.2, 0) is 6.54 Å². The lowest BCUT2D eigenvalue weighted by atomic mass is 9.82. The molecule has 0 radical (unpaired) electrons. The first kappa shape index (κ1) is 31.9. The fraction of sp³-hybridized carbons (Fsp3) is 0.378. The number of rotatable bonds is 7. The van der Waals surface area contributed by atoms with Crippen molar-refractivity contribution in [3.63, 3.8) is 0 Å². The number of H-pyrrole nitrogens is 1. The summed E-state index contributed by atoms with van der Waals surface area (Å²) in [5, 5.41) is 11.8. The number of piperidine rings is 1. The molecule has 0 bridgehead atoms. The largest absolute Gasteiger partial charge is 0.416 e. The van der Waals surface area contributed by atoms with Crippen molar-refractivity contribution in [2.45, 2.75) is 64.8 Å². The van der Waals surface area contributed by atoms with Crippen LogP contribution in [0.2, 0.25) is 0 Å². The lowest BCUT2D eigenvalue weighted by Gasteiger charge is -2.32. The Bertz CT molecular complexity index is 1870. The van der Waals surface area contributed by atoms with E-state index in [1.807, 2.05) is 23.9 Å². The van der Waals surface area contributed by atoms with Crippen molar-refractivity contribution in [3.8, 4) is 0 Å². The average Bonchev–Trinajstić information content (AvgIpc) is 3.74. The number of aromatic amines is 1. The van der Waals surface area contributed by atoms with Crippen LogP contribution >= 0.6 is 0 Å². The minimum absolute atomic E-state index is 0.0199. The molecule has 0 amide bonds. The van der Waals surface area contributed by atoms with E-state index in [0.717, 1.165) is 67.8 Å². The SMILES string of the molecule is CC=CC(=C(C)c1n[nH]c(C2CCN(Cc3ccc(C4=NC5C(C=Nc6cc(C)nn65)C=C4C4C=CC=CC4)cc3)CC2)n1)C(F)(F)F. The molecular weight excluding hydrogens is 613 g/mol. The number of fused-ring (bicyclic) bond motifs is 3. The Kier molecular flexibility index (Phi) is 8.72. The number of aryl methyl sites for hydroxylation is 1. The van der Waals surface area contributed by atoms with Crippen LogP contribution in [-0.4, -0.2) is 61.1 Å². The van der Waals surface area contributed by atoms with Gasteiger partial charge in [-0.05, 0) is 64.3 Å². The number of nitrogens with zero attached hydrogens (tertiary/aromatic N) is 7. The van der Waals surface area contributed by atoms with Gasteiger partial charge in [0.05, 0.1) is 22.9 Å². The Labute approximate surface area is 278 Å². The number of nitrogens with one attached hydrogen (secondary N) is 1. The molecule has 3 unspecified atom stereocenters. The standard InChI is InChI=1S/C37H39F3N8/c1-4-8-31(37(38,39)40)24(3)34-43-35(45-44-34)28-15-17-47(18-16-28)22-25-11-13-27(14-12-25)33-30(26-9-6-5-7-10-26)20-29-21-41-32-19-23(2)46-48(32)36(29)42-33/h4-9,11-14,19-21,26,28-29,36H,10,15-18,22H2,1-3H3,(H,43,44,45). The number of halogens is 3. The molecule has 0 saturated carbocycles. The number of dihydropyridines is 1. The Hall–Kier alpha value is -4.64. The summed E-state index contributed by atoms with van der Waals surface area (Å²) in [5.74, 6) is 2.02. The van der Waals surface area contributed by atoms with Gasteiger partial charge in [0.15, 0.2) is 17.8 Å². The summed E-state index contributed by atoms with van der Waals surface area (Å²) in [4.78, 5) is 16.9. The van der Waals surface area contributed by atoms with Gasteiger partial charge in [-0.2, -0.15) is 23.4 Å². The summed E-state index contributed by atoms with van der Waals surface area (Å²) in [6.45, 7) is 7.51. The molecule has 2 aromatic heterocycles. The van der Waals surface area contributed by atoms with E-state index in [9.17, 15) is 13.2 Å². The van der Waals surface area contributed by atoms with Crippen molar-refractivity contribution in [1.82, 2.24) is 29.9 Å². The van der Waals surface area contributed by atoms with Crippen LogP contribution in [0.4, 0.5) is 19.0 Å². The molecule has 1 aliphatic carbocycles. The van der Waals surface area contributed by atoms with Crippen LogP contribution in [0.25, 0.3) is 5.57 Å². The van der Waals surface area contributed by atoms with Crippen molar-refractivity contribution in [2.24, 2.45) is 21.8 Å². The number of hydrogen-bond donors (Lipinski definition) is 1. The number of alkyl halides is 3. The Morgan fingerprint density at radius 3 is 2.60 bits per heavy atom. The first-order valence-electron chi connectivity index (χ1n) is 16.6. The van der Waals surface area contributed by atoms with E-state index in [2.05, 4.69) is 79.7 Å². The molecule has 1 saturated heterocycles. The van der Waals surface area contributed by atoms with Crippen LogP contribution in [0.3, 0.4) is 0 Å². The molecule has 3 aliphatic heterocycles. The van der Waals surface area contributed by atoms with Crippen molar-refractivity contribution >= 4 is 23.3 Å². The average molecular weight is 653 g/mol. The number of benzene rings is 1. The summed E-state index contributed by atoms with van der Waals surface area (Å²) in [6, 6.07) is 10.7. The zero-order valence-electron chi connectivity index (χ0n) is 27.3. The predicted octanol–water partition coefficient (Wildman–Crippen LogP) is 7.99. The van der Waals surface area contributed by atoms with Crippen LogP contribution in [0.15, 0.2) is 94.0 Å². The second-order valence-corrected chi connectivity index (χ2v) is 12.9. The molecule has 1 fully saturated rings. The first-order chi connectivity index (χ1) is 23.2. The van der Waals surface area contributed by atoms with E-state index in [4.69, 9.17) is 10.1 Å². The molecule has 48 heavy (non-hydrogen) atoms. The van der Waals surface area contributed by atoms with Gasteiger partial charge >= 0.3 is 6.18 Å². The van der Waals surface area contributed by atoms with E-state index in [-0.39, 0.29) is 35.3 Å². The molecule has 3 aromatic rings. The van der Waals surface area contributed by atoms with Crippen LogP contribution in [0.5, 0.6) is 0 Å². The number of aromatic nitrogens is 5. The number of aliphatic imine (C=N–C) groups is 2. The van der Waals surface area contributed by atoms with E-state index < -0.39 is 11.7 Å². The molecule has 7 rings (SSSR count).